The van der Waals surface area contributed by atoms with E-state index in [0.717, 1.165) is 37.9 Å². The topological polar surface area (TPSA) is 91.0 Å². The van der Waals surface area contributed by atoms with Crippen molar-refractivity contribution in [3.05, 3.63) is 76.8 Å². The molecule has 3 amide bonds. The minimum Gasteiger partial charge on any atom is -0.359 e. The Balaban J connectivity index is 1.23. The summed E-state index contributed by atoms with van der Waals surface area (Å²) in [5.74, 6) is -1.37. The summed E-state index contributed by atoms with van der Waals surface area (Å²) in [6.45, 7) is 8.28. The zero-order valence-electron chi connectivity index (χ0n) is 26.7. The molecule has 45 heavy (non-hydrogen) atoms. The highest BCUT2D eigenvalue weighted by Crippen LogP contribution is 2.55. The number of fused-ring (bicyclic) bond motifs is 1. The molecule has 3 fully saturated rings. The van der Waals surface area contributed by atoms with Crippen molar-refractivity contribution < 1.29 is 19.1 Å². The third kappa shape index (κ3) is 6.05. The van der Waals surface area contributed by atoms with Gasteiger partial charge in [-0.05, 0) is 68.5 Å². The molecule has 1 aliphatic carbocycles. The van der Waals surface area contributed by atoms with E-state index in [1.807, 2.05) is 43.3 Å². The molecule has 8 atom stereocenters. The molecule has 2 saturated heterocycles. The Hall–Kier alpha value is -3.20. The van der Waals surface area contributed by atoms with Crippen molar-refractivity contribution in [2.75, 3.05) is 25.5 Å². The van der Waals surface area contributed by atoms with Crippen molar-refractivity contribution in [3.63, 3.8) is 0 Å². The predicted octanol–water partition coefficient (Wildman–Crippen LogP) is 5.20. The van der Waals surface area contributed by atoms with E-state index < -0.39 is 29.6 Å². The van der Waals surface area contributed by atoms with E-state index in [1.54, 1.807) is 17.0 Å². The van der Waals surface area contributed by atoms with E-state index in [2.05, 4.69) is 48.6 Å². The van der Waals surface area contributed by atoms with E-state index in [-0.39, 0.29) is 23.8 Å². The van der Waals surface area contributed by atoms with Crippen LogP contribution in [0.25, 0.3) is 0 Å². The molecule has 8 unspecified atom stereocenters. The van der Waals surface area contributed by atoms with Gasteiger partial charge >= 0.3 is 0 Å². The van der Waals surface area contributed by atoms with Gasteiger partial charge in [-0.25, -0.2) is 0 Å². The number of benzene rings is 2. The molecule has 2 N–H and O–H groups in total. The summed E-state index contributed by atoms with van der Waals surface area (Å²) in [5.41, 5.74) is 1.51. The summed E-state index contributed by atoms with van der Waals surface area (Å²) in [6.07, 6.45) is 6.98. The lowest BCUT2D eigenvalue weighted by Gasteiger charge is -2.38. The highest BCUT2D eigenvalue weighted by molar-refractivity contribution is 6.31. The summed E-state index contributed by atoms with van der Waals surface area (Å²) in [6, 6.07) is 14.8. The van der Waals surface area contributed by atoms with Crippen molar-refractivity contribution >= 4 is 35.0 Å². The van der Waals surface area contributed by atoms with Crippen molar-refractivity contribution in [1.29, 1.82) is 0 Å². The number of nitrogens with one attached hydrogen (secondary N) is 2. The Bertz CT molecular complexity index is 1470. The van der Waals surface area contributed by atoms with E-state index in [4.69, 9.17) is 16.3 Å². The first-order chi connectivity index (χ1) is 21.6. The summed E-state index contributed by atoms with van der Waals surface area (Å²) < 4.78 is 6.54. The van der Waals surface area contributed by atoms with Crippen molar-refractivity contribution in [3.8, 4) is 0 Å². The molecule has 9 heteroatoms. The smallest absolute Gasteiger partial charge is 0.246 e. The van der Waals surface area contributed by atoms with Gasteiger partial charge in [-0.2, -0.15) is 0 Å². The van der Waals surface area contributed by atoms with E-state index in [1.165, 1.54) is 5.56 Å². The lowest BCUT2D eigenvalue weighted by Crippen LogP contribution is -2.58. The quantitative estimate of drug-likeness (QED) is 0.352. The predicted molar refractivity (Wildman–Crippen MR) is 176 cm³/mol. The fraction of sp³-hybridized carbons (Fsp3) is 0.528. The van der Waals surface area contributed by atoms with Crippen LogP contribution in [0.2, 0.25) is 5.02 Å². The molecule has 3 heterocycles. The maximum atomic E-state index is 14.3. The van der Waals surface area contributed by atoms with Crippen LogP contribution < -0.4 is 10.6 Å². The first-order valence-electron chi connectivity index (χ1n) is 16.4. The van der Waals surface area contributed by atoms with Crippen LogP contribution in [0, 0.1) is 30.6 Å². The number of likely N-dealkylation sites (tertiary alicyclic amines) is 1. The van der Waals surface area contributed by atoms with Gasteiger partial charge in [0.15, 0.2) is 0 Å². The van der Waals surface area contributed by atoms with Crippen LogP contribution in [-0.2, 0) is 25.7 Å². The minimum atomic E-state index is -1.18. The van der Waals surface area contributed by atoms with Gasteiger partial charge in [-0.15, -0.1) is 0 Å². The van der Waals surface area contributed by atoms with Crippen LogP contribution in [0.15, 0.2) is 60.7 Å². The molecule has 2 aromatic rings. The number of ether oxygens (including phenoxy) is 1. The molecular weight excluding hydrogens is 588 g/mol. The van der Waals surface area contributed by atoms with Crippen LogP contribution >= 0.6 is 11.6 Å². The second kappa shape index (κ2) is 12.9. The van der Waals surface area contributed by atoms with E-state index in [9.17, 15) is 14.4 Å². The molecule has 0 radical (unpaired) electrons. The van der Waals surface area contributed by atoms with Crippen LogP contribution in [0.3, 0.4) is 0 Å². The van der Waals surface area contributed by atoms with Gasteiger partial charge in [0.2, 0.25) is 17.7 Å². The van der Waals surface area contributed by atoms with E-state index in [0.29, 0.717) is 35.5 Å². The third-order valence-corrected chi connectivity index (χ3v) is 11.0. The summed E-state index contributed by atoms with van der Waals surface area (Å²) in [4.78, 5) is 46.3. The maximum Gasteiger partial charge on any atom is 0.246 e. The molecule has 6 rings (SSSR count). The van der Waals surface area contributed by atoms with Crippen molar-refractivity contribution in [1.82, 2.24) is 15.1 Å². The van der Waals surface area contributed by atoms with Crippen molar-refractivity contribution in [2.24, 2.45) is 23.7 Å². The van der Waals surface area contributed by atoms with Gasteiger partial charge in [0.1, 0.15) is 11.6 Å². The van der Waals surface area contributed by atoms with Crippen LogP contribution in [0.5, 0.6) is 0 Å². The first kappa shape index (κ1) is 31.8. The molecule has 2 aromatic carbocycles. The third-order valence-electron chi connectivity index (χ3n) is 10.6. The Labute approximate surface area is 271 Å². The number of amides is 3. The lowest BCUT2D eigenvalue weighted by atomic mass is 9.73. The van der Waals surface area contributed by atoms with Crippen LogP contribution in [0.4, 0.5) is 5.69 Å². The fourth-order valence-corrected chi connectivity index (χ4v) is 8.12. The van der Waals surface area contributed by atoms with Gasteiger partial charge in [0.25, 0.3) is 0 Å². The number of hydrogen-bond acceptors (Lipinski definition) is 5. The van der Waals surface area contributed by atoms with Gasteiger partial charge < -0.3 is 25.2 Å². The number of hydrogen-bond donors (Lipinski definition) is 2. The Morgan fingerprint density at radius 1 is 1.11 bits per heavy atom. The molecule has 0 aromatic heterocycles. The normalized spacial score (nSPS) is 31.8. The standard InChI is InChI=1S/C36H45ClN4O4/c1-22-10-8-13-28(24(22)3)39-34(43)32-36-17-16-29(45-36)30(33(42)38-26-15-14-23(2)27(37)20-26)31(36)35(44)41(32)19-9-18-40(4)21-25-11-6-5-7-12-25/h5-7,11-12,14-17,20,22,24,28-32H,8-10,13,18-19,21H2,1-4H3,(H,38,42)(H,39,43). The Morgan fingerprint density at radius 3 is 2.64 bits per heavy atom. The molecule has 240 valence electrons. The number of anilines is 1. The Kier molecular flexibility index (Phi) is 9.10. The lowest BCUT2D eigenvalue weighted by molar-refractivity contribution is -0.141. The Morgan fingerprint density at radius 2 is 1.89 bits per heavy atom. The zero-order chi connectivity index (χ0) is 31.9. The molecule has 2 bridgehead atoms. The van der Waals surface area contributed by atoms with Crippen LogP contribution in [-0.4, -0.2) is 71.4 Å². The first-order valence-corrected chi connectivity index (χ1v) is 16.7. The van der Waals surface area contributed by atoms with Gasteiger partial charge in [-0.1, -0.05) is 86.8 Å². The summed E-state index contributed by atoms with van der Waals surface area (Å²) in [7, 11) is 2.06. The second-order valence-electron chi connectivity index (χ2n) is 13.6. The van der Waals surface area contributed by atoms with Crippen LogP contribution in [0.1, 0.15) is 50.7 Å². The molecule has 1 spiro atoms. The second-order valence-corrected chi connectivity index (χ2v) is 14.1. The molecule has 8 nitrogen and oxygen atoms in total. The number of aryl methyl sites for hydroxylation is 1. The highest BCUT2D eigenvalue weighted by Gasteiger charge is 2.72. The minimum absolute atomic E-state index is 0.0404. The number of carbonyl (C=O) groups is 3. The number of nitrogens with zero attached hydrogens (tertiary/aromatic N) is 2. The zero-order valence-corrected chi connectivity index (χ0v) is 27.4. The fourth-order valence-electron chi connectivity index (χ4n) is 7.94. The SMILES string of the molecule is Cc1ccc(NC(=O)C2C3C=CC4(O3)C2C(=O)N(CCCN(C)Cc2ccccc2)C4C(=O)NC2CCCC(C)C2C)cc1Cl. The van der Waals surface area contributed by atoms with Gasteiger partial charge in [0, 0.05) is 29.8 Å². The molecule has 1 saturated carbocycles. The monoisotopic (exact) mass is 632 g/mol. The molecular formula is C36H45ClN4O4. The highest BCUT2D eigenvalue weighted by atomic mass is 35.5. The average Bonchev–Trinajstić information content (AvgIpc) is 3.65. The largest absolute Gasteiger partial charge is 0.359 e. The van der Waals surface area contributed by atoms with Gasteiger partial charge in [0.05, 0.1) is 17.9 Å². The number of halogens is 1. The van der Waals surface area contributed by atoms with E-state index >= 15 is 0 Å². The van der Waals surface area contributed by atoms with Crippen molar-refractivity contribution in [2.45, 2.75) is 76.8 Å². The van der Waals surface area contributed by atoms with Gasteiger partial charge in [-0.3, -0.25) is 14.4 Å². The summed E-state index contributed by atoms with van der Waals surface area (Å²) >= 11 is 6.32. The molecule has 4 aliphatic rings. The number of rotatable bonds is 10. The maximum absolute atomic E-state index is 14.3. The number of carbonyl (C=O) groups excluding carboxylic acids is 3. The molecule has 3 aliphatic heterocycles. The summed E-state index contributed by atoms with van der Waals surface area (Å²) in [5, 5.41) is 6.86. The average molecular weight is 633 g/mol.